The number of nitrogens with zero attached hydrogens (tertiary/aromatic N) is 1. The lowest BCUT2D eigenvalue weighted by atomic mass is 10.4. The van der Waals surface area contributed by atoms with Crippen LogP contribution < -0.4 is 5.32 Å². The van der Waals surface area contributed by atoms with E-state index in [1.165, 1.54) is 0 Å². The number of rotatable bonds is 3. The molecule has 0 saturated carbocycles. The molecule has 15 heavy (non-hydrogen) atoms. The van der Waals surface area contributed by atoms with E-state index < -0.39 is 0 Å². The van der Waals surface area contributed by atoms with Gasteiger partial charge in [0.25, 0.3) is 0 Å². The third-order valence-electron chi connectivity index (χ3n) is 2.08. The van der Waals surface area contributed by atoms with Crippen molar-refractivity contribution in [1.29, 1.82) is 0 Å². The van der Waals surface area contributed by atoms with Gasteiger partial charge in [-0.15, -0.1) is 0 Å². The quantitative estimate of drug-likeness (QED) is 0.748. The van der Waals surface area contributed by atoms with Gasteiger partial charge in [-0.1, -0.05) is 28.5 Å². The predicted molar refractivity (Wildman–Crippen MR) is 64.8 cm³/mol. The Kier molecular flexibility index (Phi) is 5.93. The first-order valence-corrected chi connectivity index (χ1v) is 7.51. The van der Waals surface area contributed by atoms with Gasteiger partial charge in [0.1, 0.15) is 0 Å². The molecule has 4 nitrogen and oxygen atoms in total. The van der Waals surface area contributed by atoms with Gasteiger partial charge in [0.15, 0.2) is 0 Å². The molecule has 86 valence electrons. The molecule has 0 spiro atoms. The number of hydrogen-bond acceptors (Lipinski definition) is 4. The number of hydrogen-bond donors (Lipinski definition) is 1. The van der Waals surface area contributed by atoms with Gasteiger partial charge in [-0.2, -0.15) is 0 Å². The Balaban J connectivity index is 2.28. The Labute approximate surface area is 97.9 Å². The van der Waals surface area contributed by atoms with Crippen molar-refractivity contribution >= 4 is 33.4 Å². The zero-order valence-electron chi connectivity index (χ0n) is 8.82. The van der Waals surface area contributed by atoms with Crippen LogP contribution in [-0.2, 0) is 9.59 Å². The van der Waals surface area contributed by atoms with Gasteiger partial charge in [0.05, 0.1) is 6.54 Å². The molecular weight excluding hydrogens is 232 g/mol. The SMILES string of the molecule is CCC(=O)NCC(=O)N1CCSSCC1. The molecule has 1 rings (SSSR count). The van der Waals surface area contributed by atoms with E-state index in [-0.39, 0.29) is 18.4 Å². The van der Waals surface area contributed by atoms with E-state index in [1.807, 2.05) is 4.90 Å². The fourth-order valence-corrected chi connectivity index (χ4v) is 3.16. The molecule has 0 bridgehead atoms. The van der Waals surface area contributed by atoms with Crippen LogP contribution in [0.2, 0.25) is 0 Å². The number of carbonyl (C=O) groups excluding carboxylic acids is 2. The molecule has 0 aromatic heterocycles. The number of amides is 2. The third-order valence-corrected chi connectivity index (χ3v) is 4.45. The van der Waals surface area contributed by atoms with Crippen LogP contribution in [0.15, 0.2) is 0 Å². The first-order chi connectivity index (χ1) is 7.24. The van der Waals surface area contributed by atoms with E-state index in [0.717, 1.165) is 24.6 Å². The second-order valence-electron chi connectivity index (χ2n) is 3.16. The van der Waals surface area contributed by atoms with Gasteiger partial charge in [-0.3, -0.25) is 9.59 Å². The minimum Gasteiger partial charge on any atom is -0.347 e. The normalized spacial score (nSPS) is 17.0. The maximum atomic E-state index is 11.7. The van der Waals surface area contributed by atoms with Crippen molar-refractivity contribution in [3.63, 3.8) is 0 Å². The van der Waals surface area contributed by atoms with E-state index in [4.69, 9.17) is 0 Å². The Morgan fingerprint density at radius 1 is 1.27 bits per heavy atom. The molecule has 2 amide bonds. The van der Waals surface area contributed by atoms with Crippen LogP contribution in [-0.4, -0.2) is 47.9 Å². The van der Waals surface area contributed by atoms with Crippen LogP contribution in [0.4, 0.5) is 0 Å². The van der Waals surface area contributed by atoms with Gasteiger partial charge < -0.3 is 10.2 Å². The Hall–Kier alpha value is -0.360. The van der Waals surface area contributed by atoms with E-state index in [1.54, 1.807) is 28.5 Å². The van der Waals surface area contributed by atoms with Crippen molar-refractivity contribution < 1.29 is 9.59 Å². The van der Waals surface area contributed by atoms with Gasteiger partial charge in [0.2, 0.25) is 11.8 Å². The van der Waals surface area contributed by atoms with Crippen molar-refractivity contribution in [1.82, 2.24) is 10.2 Å². The molecule has 0 aliphatic carbocycles. The van der Waals surface area contributed by atoms with E-state index >= 15 is 0 Å². The van der Waals surface area contributed by atoms with Crippen LogP contribution in [0.5, 0.6) is 0 Å². The molecule has 1 heterocycles. The van der Waals surface area contributed by atoms with Crippen molar-refractivity contribution in [2.24, 2.45) is 0 Å². The highest BCUT2D eigenvalue weighted by molar-refractivity contribution is 8.76. The second-order valence-corrected chi connectivity index (χ2v) is 5.86. The predicted octanol–water partition coefficient (Wildman–Crippen LogP) is 0.736. The van der Waals surface area contributed by atoms with Crippen LogP contribution in [0.25, 0.3) is 0 Å². The zero-order chi connectivity index (χ0) is 11.1. The Morgan fingerprint density at radius 3 is 2.40 bits per heavy atom. The molecule has 1 aliphatic heterocycles. The summed E-state index contributed by atoms with van der Waals surface area (Å²) >= 11 is 0. The average molecular weight is 248 g/mol. The average Bonchev–Trinajstić information content (AvgIpc) is 2.53. The lowest BCUT2D eigenvalue weighted by molar-refractivity contribution is -0.132. The van der Waals surface area contributed by atoms with Gasteiger partial charge >= 0.3 is 0 Å². The van der Waals surface area contributed by atoms with Crippen LogP contribution >= 0.6 is 21.6 Å². The lowest BCUT2D eigenvalue weighted by Gasteiger charge is -2.19. The lowest BCUT2D eigenvalue weighted by Crippen LogP contribution is -2.41. The highest BCUT2D eigenvalue weighted by Crippen LogP contribution is 2.23. The molecule has 1 fully saturated rings. The topological polar surface area (TPSA) is 49.4 Å². The van der Waals surface area contributed by atoms with Gasteiger partial charge in [-0.05, 0) is 0 Å². The molecule has 0 aromatic rings. The maximum absolute atomic E-state index is 11.7. The molecule has 0 atom stereocenters. The molecule has 0 unspecified atom stereocenters. The van der Waals surface area contributed by atoms with Gasteiger partial charge in [-0.25, -0.2) is 0 Å². The van der Waals surface area contributed by atoms with Crippen molar-refractivity contribution in [2.45, 2.75) is 13.3 Å². The minimum atomic E-state index is -0.0677. The highest BCUT2D eigenvalue weighted by Gasteiger charge is 2.15. The Morgan fingerprint density at radius 2 is 1.87 bits per heavy atom. The Bertz CT molecular complexity index is 228. The summed E-state index contributed by atoms with van der Waals surface area (Å²) in [7, 11) is 3.60. The summed E-state index contributed by atoms with van der Waals surface area (Å²) in [5.74, 6) is 1.90. The number of nitrogens with one attached hydrogen (secondary N) is 1. The molecule has 6 heteroatoms. The molecule has 0 aromatic carbocycles. The standard InChI is InChI=1S/C9H16N2O2S2/c1-2-8(12)10-7-9(13)11-3-5-14-15-6-4-11/h2-7H2,1H3,(H,10,12). The van der Waals surface area contributed by atoms with Crippen LogP contribution in [0, 0.1) is 0 Å². The van der Waals surface area contributed by atoms with E-state index in [2.05, 4.69) is 5.32 Å². The first-order valence-electron chi connectivity index (χ1n) is 5.03. The van der Waals surface area contributed by atoms with Crippen molar-refractivity contribution in [3.8, 4) is 0 Å². The summed E-state index contributed by atoms with van der Waals surface area (Å²) in [4.78, 5) is 24.5. The first kappa shape index (κ1) is 12.7. The molecule has 1 N–H and O–H groups in total. The highest BCUT2D eigenvalue weighted by atomic mass is 33.1. The summed E-state index contributed by atoms with van der Waals surface area (Å²) in [6.07, 6.45) is 0.430. The largest absolute Gasteiger partial charge is 0.347 e. The summed E-state index contributed by atoms with van der Waals surface area (Å²) in [6.45, 7) is 3.50. The van der Waals surface area contributed by atoms with E-state index in [9.17, 15) is 9.59 Å². The van der Waals surface area contributed by atoms with Crippen LogP contribution in [0.1, 0.15) is 13.3 Å². The fourth-order valence-electron chi connectivity index (χ4n) is 1.18. The smallest absolute Gasteiger partial charge is 0.242 e. The summed E-state index contributed by atoms with van der Waals surface area (Å²) in [5, 5.41) is 2.61. The summed E-state index contributed by atoms with van der Waals surface area (Å²) < 4.78 is 0. The fraction of sp³-hybridized carbons (Fsp3) is 0.778. The number of carbonyl (C=O) groups is 2. The van der Waals surface area contributed by atoms with E-state index in [0.29, 0.717) is 6.42 Å². The molecule has 0 radical (unpaired) electrons. The zero-order valence-corrected chi connectivity index (χ0v) is 10.5. The minimum absolute atomic E-state index is 0.0277. The van der Waals surface area contributed by atoms with Crippen molar-refractivity contribution in [2.75, 3.05) is 31.1 Å². The second kappa shape index (κ2) is 7.00. The monoisotopic (exact) mass is 248 g/mol. The van der Waals surface area contributed by atoms with Crippen molar-refractivity contribution in [3.05, 3.63) is 0 Å². The molecule has 1 aliphatic rings. The maximum Gasteiger partial charge on any atom is 0.242 e. The molecular formula is C9H16N2O2S2. The van der Waals surface area contributed by atoms with Gasteiger partial charge in [0, 0.05) is 31.0 Å². The third kappa shape index (κ3) is 4.79. The molecule has 1 saturated heterocycles. The van der Waals surface area contributed by atoms with Crippen LogP contribution in [0.3, 0.4) is 0 Å². The summed E-state index contributed by atoms with van der Waals surface area (Å²) in [5.41, 5.74) is 0. The summed E-state index contributed by atoms with van der Waals surface area (Å²) in [6, 6.07) is 0.